The number of rotatable bonds is 4. The van der Waals surface area contributed by atoms with E-state index in [0.29, 0.717) is 17.1 Å². The molecular weight excluding hydrogens is 244 g/mol. The van der Waals surface area contributed by atoms with E-state index in [1.807, 2.05) is 14.0 Å². The molecule has 104 valence electrons. The Morgan fingerprint density at radius 1 is 1.26 bits per heavy atom. The number of amides is 1. The second kappa shape index (κ2) is 5.48. The number of hydrogen-bond donors (Lipinski definition) is 1. The fourth-order valence-electron chi connectivity index (χ4n) is 2.13. The largest absolute Gasteiger partial charge is 0.496 e. The normalized spacial score (nSPS) is 14.7. The van der Waals surface area contributed by atoms with Crippen LogP contribution >= 0.6 is 0 Å². The second-order valence-electron chi connectivity index (χ2n) is 4.73. The molecule has 1 aliphatic heterocycles. The summed E-state index contributed by atoms with van der Waals surface area (Å²) >= 11 is 0. The molecule has 19 heavy (non-hydrogen) atoms. The minimum atomic E-state index is -0.0110. The van der Waals surface area contributed by atoms with Gasteiger partial charge in [0, 0.05) is 31.3 Å². The van der Waals surface area contributed by atoms with E-state index in [9.17, 15) is 4.79 Å². The van der Waals surface area contributed by atoms with Gasteiger partial charge >= 0.3 is 0 Å². The van der Waals surface area contributed by atoms with Crippen LogP contribution in [0.3, 0.4) is 0 Å². The highest BCUT2D eigenvalue weighted by atomic mass is 16.5. The van der Waals surface area contributed by atoms with E-state index in [1.165, 1.54) is 0 Å². The Morgan fingerprint density at radius 2 is 1.79 bits per heavy atom. The number of nitrogens with zero attached hydrogens (tertiary/aromatic N) is 1. The number of carbonyl (C=O) groups excluding carboxylic acids is 1. The van der Waals surface area contributed by atoms with Crippen molar-refractivity contribution in [2.75, 3.05) is 34.4 Å². The summed E-state index contributed by atoms with van der Waals surface area (Å²) in [4.78, 5) is 14.2. The van der Waals surface area contributed by atoms with Gasteiger partial charge in [0.05, 0.1) is 20.3 Å². The zero-order valence-electron chi connectivity index (χ0n) is 11.8. The van der Waals surface area contributed by atoms with Gasteiger partial charge in [0.1, 0.15) is 11.5 Å². The van der Waals surface area contributed by atoms with Crippen molar-refractivity contribution in [3.05, 3.63) is 23.3 Å². The molecule has 1 amide bonds. The summed E-state index contributed by atoms with van der Waals surface area (Å²) in [6.45, 7) is 3.61. The first-order chi connectivity index (χ1) is 9.08. The number of hydrogen-bond acceptors (Lipinski definition) is 4. The molecule has 0 spiro atoms. The Kier molecular flexibility index (Phi) is 3.95. The molecular formula is C14H20N2O3. The predicted octanol–water partition coefficient (Wildman–Crippen LogP) is 1.06. The Bertz CT molecular complexity index is 459. The molecule has 5 nitrogen and oxygen atoms in total. The van der Waals surface area contributed by atoms with E-state index < -0.39 is 0 Å². The van der Waals surface area contributed by atoms with E-state index in [0.717, 1.165) is 18.7 Å². The van der Waals surface area contributed by atoms with Gasteiger partial charge in [0.2, 0.25) is 0 Å². The maximum atomic E-state index is 12.4. The Balaban J connectivity index is 2.30. The number of nitrogens with one attached hydrogen (secondary N) is 1. The molecule has 1 N–H and O–H groups in total. The van der Waals surface area contributed by atoms with Gasteiger partial charge in [-0.2, -0.15) is 0 Å². The van der Waals surface area contributed by atoms with Crippen LogP contribution in [0.4, 0.5) is 0 Å². The summed E-state index contributed by atoms with van der Waals surface area (Å²) in [5.41, 5.74) is 1.49. The van der Waals surface area contributed by atoms with Crippen molar-refractivity contribution in [2.45, 2.75) is 13.0 Å². The maximum Gasteiger partial charge on any atom is 0.254 e. The van der Waals surface area contributed by atoms with Crippen LogP contribution in [0.15, 0.2) is 12.1 Å². The van der Waals surface area contributed by atoms with E-state index in [-0.39, 0.29) is 11.9 Å². The van der Waals surface area contributed by atoms with E-state index in [4.69, 9.17) is 9.47 Å². The fourth-order valence-corrected chi connectivity index (χ4v) is 2.13. The highest BCUT2D eigenvalue weighted by molar-refractivity contribution is 5.95. The van der Waals surface area contributed by atoms with E-state index >= 15 is 0 Å². The van der Waals surface area contributed by atoms with Crippen molar-refractivity contribution >= 4 is 5.91 Å². The molecule has 1 fully saturated rings. The highest BCUT2D eigenvalue weighted by Gasteiger charge is 2.26. The van der Waals surface area contributed by atoms with Gasteiger partial charge in [-0.3, -0.25) is 4.79 Å². The molecule has 0 aromatic heterocycles. The van der Waals surface area contributed by atoms with Gasteiger partial charge in [-0.25, -0.2) is 0 Å². The lowest BCUT2D eigenvalue weighted by atomic mass is 10.1. The minimum Gasteiger partial charge on any atom is -0.496 e. The molecule has 5 heteroatoms. The molecule has 1 aliphatic rings. The van der Waals surface area contributed by atoms with Crippen LogP contribution in [0, 0.1) is 6.92 Å². The average molecular weight is 264 g/mol. The number of methoxy groups -OCH3 is 2. The van der Waals surface area contributed by atoms with Crippen molar-refractivity contribution in [1.82, 2.24) is 10.2 Å². The molecule has 0 aliphatic carbocycles. The van der Waals surface area contributed by atoms with Gasteiger partial charge in [0.25, 0.3) is 5.91 Å². The quantitative estimate of drug-likeness (QED) is 0.883. The van der Waals surface area contributed by atoms with Crippen LogP contribution in [0.2, 0.25) is 0 Å². The third kappa shape index (κ3) is 2.51. The summed E-state index contributed by atoms with van der Waals surface area (Å²) in [6, 6.07) is 3.80. The molecule has 1 heterocycles. The molecule has 0 atom stereocenters. The third-order valence-corrected chi connectivity index (χ3v) is 3.63. The van der Waals surface area contributed by atoms with E-state index in [1.54, 1.807) is 31.3 Å². The average Bonchev–Trinajstić information content (AvgIpc) is 2.36. The number of carbonyl (C=O) groups is 1. The van der Waals surface area contributed by atoms with Crippen LogP contribution in [-0.4, -0.2) is 51.2 Å². The topological polar surface area (TPSA) is 50.8 Å². The molecule has 1 aromatic rings. The minimum absolute atomic E-state index is 0.0110. The first-order valence-corrected chi connectivity index (χ1v) is 6.29. The standard InChI is InChI=1S/C14H20N2O3/c1-9-12(18-3)5-10(6-13(9)19-4)14(17)16(2)11-7-15-8-11/h5-6,11,15H,7-8H2,1-4H3. The smallest absolute Gasteiger partial charge is 0.254 e. The van der Waals surface area contributed by atoms with Crippen molar-refractivity contribution in [3.8, 4) is 11.5 Å². The van der Waals surface area contributed by atoms with Crippen molar-refractivity contribution in [1.29, 1.82) is 0 Å². The highest BCUT2D eigenvalue weighted by Crippen LogP contribution is 2.30. The number of benzene rings is 1. The Hall–Kier alpha value is -1.75. The van der Waals surface area contributed by atoms with Gasteiger partial charge in [-0.1, -0.05) is 0 Å². The third-order valence-electron chi connectivity index (χ3n) is 3.63. The zero-order valence-corrected chi connectivity index (χ0v) is 11.8. The first kappa shape index (κ1) is 13.7. The van der Waals surface area contributed by atoms with Crippen LogP contribution in [0.1, 0.15) is 15.9 Å². The maximum absolute atomic E-state index is 12.4. The van der Waals surface area contributed by atoms with Crippen LogP contribution in [0.25, 0.3) is 0 Å². The molecule has 0 bridgehead atoms. The van der Waals surface area contributed by atoms with Crippen LogP contribution in [-0.2, 0) is 0 Å². The Morgan fingerprint density at radius 3 is 2.16 bits per heavy atom. The van der Waals surface area contributed by atoms with Crippen molar-refractivity contribution in [3.63, 3.8) is 0 Å². The molecule has 0 radical (unpaired) electrons. The van der Waals surface area contributed by atoms with Crippen LogP contribution in [0.5, 0.6) is 11.5 Å². The van der Waals surface area contributed by atoms with Gasteiger partial charge in [-0.05, 0) is 19.1 Å². The lowest BCUT2D eigenvalue weighted by Gasteiger charge is -2.35. The first-order valence-electron chi connectivity index (χ1n) is 6.29. The van der Waals surface area contributed by atoms with Crippen molar-refractivity contribution in [2.24, 2.45) is 0 Å². The molecule has 0 saturated carbocycles. The van der Waals surface area contributed by atoms with Gasteiger partial charge in [-0.15, -0.1) is 0 Å². The van der Waals surface area contributed by atoms with Gasteiger partial charge < -0.3 is 19.7 Å². The monoisotopic (exact) mass is 264 g/mol. The number of likely N-dealkylation sites (N-methyl/N-ethyl adjacent to an activating group) is 1. The molecule has 1 saturated heterocycles. The van der Waals surface area contributed by atoms with Gasteiger partial charge in [0.15, 0.2) is 0 Å². The lowest BCUT2D eigenvalue weighted by molar-refractivity contribution is 0.0680. The summed E-state index contributed by atoms with van der Waals surface area (Å²) in [5, 5.41) is 3.16. The predicted molar refractivity (Wildman–Crippen MR) is 73.0 cm³/mol. The molecule has 2 rings (SSSR count). The van der Waals surface area contributed by atoms with Crippen molar-refractivity contribution < 1.29 is 14.3 Å². The van der Waals surface area contributed by atoms with E-state index in [2.05, 4.69) is 5.32 Å². The molecule has 0 unspecified atom stereocenters. The zero-order chi connectivity index (χ0) is 14.0. The Labute approximate surface area is 113 Å². The SMILES string of the molecule is COc1cc(C(=O)N(C)C2CNC2)cc(OC)c1C. The summed E-state index contributed by atoms with van der Waals surface area (Å²) in [7, 11) is 5.01. The lowest BCUT2D eigenvalue weighted by Crippen LogP contribution is -2.57. The fraction of sp³-hybridized carbons (Fsp3) is 0.500. The summed E-state index contributed by atoms with van der Waals surface area (Å²) in [5.74, 6) is 1.33. The molecule has 1 aromatic carbocycles. The summed E-state index contributed by atoms with van der Waals surface area (Å²) in [6.07, 6.45) is 0. The number of ether oxygens (including phenoxy) is 2. The van der Waals surface area contributed by atoms with Crippen LogP contribution < -0.4 is 14.8 Å². The second-order valence-corrected chi connectivity index (χ2v) is 4.73. The summed E-state index contributed by atoms with van der Waals surface area (Å²) < 4.78 is 10.6.